The van der Waals surface area contributed by atoms with E-state index < -0.39 is 17.7 Å². The molecule has 0 aliphatic carbocycles. The molecule has 2 N–H and O–H groups in total. The minimum Gasteiger partial charge on any atom is -0.419 e. The van der Waals surface area contributed by atoms with Gasteiger partial charge >= 0.3 is 12.1 Å². The Morgan fingerprint density at radius 1 is 1.30 bits per heavy atom. The molecular weight excluding hydrogens is 313 g/mol. The number of hydrogen-bond acceptors (Lipinski definition) is 4. The highest BCUT2D eigenvalue weighted by molar-refractivity contribution is 5.90. The zero-order valence-corrected chi connectivity index (χ0v) is 12.3. The van der Waals surface area contributed by atoms with Gasteiger partial charge in [-0.15, -0.1) is 0 Å². The average Bonchev–Trinajstić information content (AvgIpc) is 2.50. The number of rotatable bonds is 4. The second kappa shape index (κ2) is 6.41. The summed E-state index contributed by atoms with van der Waals surface area (Å²) in [6.07, 6.45) is -5.15. The fourth-order valence-corrected chi connectivity index (χ4v) is 2.38. The molecule has 0 amide bonds. The highest BCUT2D eigenvalue weighted by Crippen LogP contribution is 2.30. The Hall–Kier alpha value is -2.35. The van der Waals surface area contributed by atoms with Crippen LogP contribution >= 0.6 is 0 Å². The van der Waals surface area contributed by atoms with Crippen LogP contribution in [-0.4, -0.2) is 23.3 Å². The highest BCUT2D eigenvalue weighted by Gasteiger charge is 2.42. The molecule has 1 aromatic heterocycles. The molecule has 0 spiro atoms. The molecule has 5 nitrogen and oxygen atoms in total. The lowest BCUT2D eigenvalue weighted by atomic mass is 10.1. The fourth-order valence-electron chi connectivity index (χ4n) is 2.38. The van der Waals surface area contributed by atoms with Gasteiger partial charge in [0, 0.05) is 11.9 Å². The van der Waals surface area contributed by atoms with Crippen molar-refractivity contribution in [3.05, 3.63) is 40.2 Å². The number of fused-ring (bicyclic) bond motifs is 1. The van der Waals surface area contributed by atoms with Crippen LogP contribution in [0.1, 0.15) is 12.5 Å². The van der Waals surface area contributed by atoms with Crippen molar-refractivity contribution in [2.75, 3.05) is 6.54 Å². The third-order valence-electron chi connectivity index (χ3n) is 3.35. The molecule has 8 heteroatoms. The highest BCUT2D eigenvalue weighted by atomic mass is 19.4. The number of alkyl halides is 3. The van der Waals surface area contributed by atoms with Crippen molar-refractivity contribution in [1.82, 2.24) is 4.57 Å². The van der Waals surface area contributed by atoms with Gasteiger partial charge in [0.25, 0.3) is 5.56 Å². The molecule has 0 bridgehead atoms. The summed E-state index contributed by atoms with van der Waals surface area (Å²) in [5.74, 6) is -2.74. The summed E-state index contributed by atoms with van der Waals surface area (Å²) in [4.78, 5) is 23.7. The maximum Gasteiger partial charge on any atom is 0.491 e. The fraction of sp³-hybridized carbons (Fsp3) is 0.333. The molecular formula is C15H15F3N2O3. The van der Waals surface area contributed by atoms with E-state index in [1.807, 2.05) is 0 Å². The van der Waals surface area contributed by atoms with Crippen molar-refractivity contribution in [3.63, 3.8) is 0 Å². The topological polar surface area (TPSA) is 74.3 Å². The number of esters is 1. The molecule has 0 fully saturated rings. The van der Waals surface area contributed by atoms with Crippen molar-refractivity contribution in [2.24, 2.45) is 5.73 Å². The maximum atomic E-state index is 12.5. The number of ether oxygens (including phenoxy) is 1. The van der Waals surface area contributed by atoms with Crippen LogP contribution in [0, 0.1) is 0 Å². The monoisotopic (exact) mass is 328 g/mol. The zero-order valence-electron chi connectivity index (χ0n) is 12.3. The molecule has 0 aliphatic rings. The number of nitrogens with zero attached hydrogens (tertiary/aromatic N) is 1. The third kappa shape index (κ3) is 3.21. The number of aryl methyl sites for hydroxylation is 1. The predicted molar refractivity (Wildman–Crippen MR) is 78.3 cm³/mol. The Balaban J connectivity index is 2.77. The van der Waals surface area contributed by atoms with E-state index in [0.29, 0.717) is 12.1 Å². The van der Waals surface area contributed by atoms with Crippen molar-refractivity contribution in [1.29, 1.82) is 0 Å². The van der Waals surface area contributed by atoms with Crippen molar-refractivity contribution >= 4 is 16.9 Å². The first-order valence-corrected chi connectivity index (χ1v) is 6.94. The smallest absolute Gasteiger partial charge is 0.419 e. The normalized spacial score (nSPS) is 11.7. The average molecular weight is 328 g/mol. The van der Waals surface area contributed by atoms with E-state index in [0.717, 1.165) is 0 Å². The van der Waals surface area contributed by atoms with Gasteiger partial charge < -0.3 is 15.0 Å². The number of hydrogen-bond donors (Lipinski definition) is 1. The number of carbonyl (C=O) groups is 1. The molecule has 2 rings (SSSR count). The Labute approximate surface area is 129 Å². The number of pyridine rings is 1. The van der Waals surface area contributed by atoms with Crippen molar-refractivity contribution < 1.29 is 22.7 Å². The van der Waals surface area contributed by atoms with Gasteiger partial charge in [0.2, 0.25) is 0 Å². The van der Waals surface area contributed by atoms with E-state index in [4.69, 9.17) is 5.73 Å². The zero-order chi connectivity index (χ0) is 17.2. The van der Waals surface area contributed by atoms with E-state index in [2.05, 4.69) is 4.74 Å². The molecule has 2 aromatic rings. The standard InChI is InChI=1S/C15H15F3N2O3/c1-2-20-11-6-4-3-5-9(11)12(10(7-8-19)13(20)21)23-14(22)15(16,17)18/h3-6H,2,7-8,19H2,1H3. The molecule has 23 heavy (non-hydrogen) atoms. The molecule has 0 saturated carbocycles. The Kier molecular flexibility index (Phi) is 4.74. The van der Waals surface area contributed by atoms with Gasteiger partial charge in [0.05, 0.1) is 11.1 Å². The van der Waals surface area contributed by atoms with Gasteiger partial charge in [-0.1, -0.05) is 12.1 Å². The largest absolute Gasteiger partial charge is 0.491 e. The second-order valence-electron chi connectivity index (χ2n) is 4.80. The number of para-hydroxylation sites is 1. The number of nitrogens with two attached hydrogens (primary N) is 1. The maximum absolute atomic E-state index is 12.5. The molecule has 0 unspecified atom stereocenters. The first kappa shape index (κ1) is 17.0. The van der Waals surface area contributed by atoms with E-state index in [1.54, 1.807) is 25.1 Å². The van der Waals surface area contributed by atoms with E-state index in [1.165, 1.54) is 10.6 Å². The van der Waals surface area contributed by atoms with Crippen LogP contribution < -0.4 is 16.0 Å². The molecule has 0 atom stereocenters. The van der Waals surface area contributed by atoms with E-state index in [9.17, 15) is 22.8 Å². The van der Waals surface area contributed by atoms with E-state index in [-0.39, 0.29) is 29.7 Å². The minimum atomic E-state index is -5.15. The van der Waals surface area contributed by atoms with Crippen LogP contribution in [0.15, 0.2) is 29.1 Å². The van der Waals surface area contributed by atoms with Crippen molar-refractivity contribution in [2.45, 2.75) is 26.1 Å². The lowest BCUT2D eigenvalue weighted by Crippen LogP contribution is -2.31. The molecule has 0 radical (unpaired) electrons. The first-order chi connectivity index (χ1) is 10.8. The summed E-state index contributed by atoms with van der Waals surface area (Å²) in [6, 6.07) is 6.31. The minimum absolute atomic E-state index is 0.00411. The van der Waals surface area contributed by atoms with Crippen LogP contribution in [-0.2, 0) is 17.8 Å². The summed E-state index contributed by atoms with van der Waals surface area (Å²) in [6.45, 7) is 2.10. The van der Waals surface area contributed by atoms with E-state index >= 15 is 0 Å². The number of benzene rings is 1. The molecule has 0 saturated heterocycles. The van der Waals surface area contributed by atoms with Crippen LogP contribution in [0.5, 0.6) is 5.75 Å². The van der Waals surface area contributed by atoms with Crippen LogP contribution in [0.3, 0.4) is 0 Å². The van der Waals surface area contributed by atoms with Gasteiger partial charge in [-0.3, -0.25) is 4.79 Å². The summed E-state index contributed by atoms with van der Waals surface area (Å²) >= 11 is 0. The van der Waals surface area contributed by atoms with Crippen LogP contribution in [0.25, 0.3) is 10.9 Å². The number of aromatic nitrogens is 1. The molecule has 1 heterocycles. The molecule has 1 aromatic carbocycles. The van der Waals surface area contributed by atoms with Gasteiger partial charge in [0.15, 0.2) is 0 Å². The molecule has 0 aliphatic heterocycles. The van der Waals surface area contributed by atoms with Crippen molar-refractivity contribution in [3.8, 4) is 5.75 Å². The lowest BCUT2D eigenvalue weighted by Gasteiger charge is -2.17. The Morgan fingerprint density at radius 2 is 1.96 bits per heavy atom. The first-order valence-electron chi connectivity index (χ1n) is 6.94. The quantitative estimate of drug-likeness (QED) is 0.871. The number of halogens is 3. The summed E-state index contributed by atoms with van der Waals surface area (Å²) in [5, 5.41) is 0.259. The Bertz CT molecular complexity index is 797. The lowest BCUT2D eigenvalue weighted by molar-refractivity contribution is -0.189. The second-order valence-corrected chi connectivity index (χ2v) is 4.80. The SMILES string of the molecule is CCn1c(=O)c(CCN)c(OC(=O)C(F)(F)F)c2ccccc21. The van der Waals surface area contributed by atoms with Gasteiger partial charge in [-0.2, -0.15) is 13.2 Å². The van der Waals surface area contributed by atoms with Crippen LogP contribution in [0.4, 0.5) is 13.2 Å². The van der Waals surface area contributed by atoms with Gasteiger partial charge in [0.1, 0.15) is 5.75 Å². The third-order valence-corrected chi connectivity index (χ3v) is 3.35. The summed E-state index contributed by atoms with van der Waals surface area (Å²) in [5.41, 5.74) is 5.29. The molecule has 124 valence electrons. The number of carbonyl (C=O) groups excluding carboxylic acids is 1. The predicted octanol–water partition coefficient (Wildman–Crippen LogP) is 1.99. The van der Waals surface area contributed by atoms with Gasteiger partial charge in [-0.25, -0.2) is 4.79 Å². The summed E-state index contributed by atoms with van der Waals surface area (Å²) < 4.78 is 43.5. The summed E-state index contributed by atoms with van der Waals surface area (Å²) in [7, 11) is 0. The van der Waals surface area contributed by atoms with Crippen LogP contribution in [0.2, 0.25) is 0 Å². The Morgan fingerprint density at radius 3 is 2.52 bits per heavy atom. The van der Waals surface area contributed by atoms with Gasteiger partial charge in [-0.05, 0) is 32.0 Å².